The molecule has 1 amide bonds. The quantitative estimate of drug-likeness (QED) is 0.823. The Morgan fingerprint density at radius 1 is 1.47 bits per heavy atom. The van der Waals surface area contributed by atoms with Crippen LogP contribution >= 0.6 is 0 Å². The van der Waals surface area contributed by atoms with Gasteiger partial charge in [-0.15, -0.1) is 0 Å². The Bertz CT molecular complexity index is 420. The Kier molecular flexibility index (Phi) is 4.63. The first kappa shape index (κ1) is 13.2. The molecule has 4 nitrogen and oxygen atoms in total. The summed E-state index contributed by atoms with van der Waals surface area (Å²) in [5.74, 6) is -2.19. The predicted octanol–water partition coefficient (Wildman–Crippen LogP) is 1.81. The molecule has 0 aliphatic carbocycles. The molecule has 0 aliphatic rings. The molecule has 0 unspecified atom stereocenters. The van der Waals surface area contributed by atoms with Gasteiger partial charge in [-0.25, -0.2) is 9.18 Å². The number of benzene rings is 1. The minimum atomic E-state index is -1.09. The molecule has 0 aromatic heterocycles. The van der Waals surface area contributed by atoms with Crippen LogP contribution < -0.4 is 5.32 Å². The number of carboxylic acid groups (broad SMARTS) is 1. The summed E-state index contributed by atoms with van der Waals surface area (Å²) in [5, 5.41) is 11.2. The van der Waals surface area contributed by atoms with E-state index < -0.39 is 23.7 Å². The smallest absolute Gasteiger partial charge is 0.326 e. The molecule has 1 aromatic rings. The fourth-order valence-corrected chi connectivity index (χ4v) is 1.42. The molecule has 92 valence electrons. The van der Waals surface area contributed by atoms with Crippen LogP contribution in [0, 0.1) is 5.82 Å². The molecule has 2 N–H and O–H groups in total. The number of nitrogens with one attached hydrogen (secondary N) is 1. The Balaban J connectivity index is 2.73. The lowest BCUT2D eigenvalue weighted by Crippen LogP contribution is -2.40. The first-order valence-corrected chi connectivity index (χ1v) is 5.33. The maximum atomic E-state index is 12.9. The van der Waals surface area contributed by atoms with Crippen LogP contribution in [0.25, 0.3) is 0 Å². The second-order valence-electron chi connectivity index (χ2n) is 3.66. The molecule has 0 bridgehead atoms. The minimum Gasteiger partial charge on any atom is -0.480 e. The van der Waals surface area contributed by atoms with Gasteiger partial charge in [0, 0.05) is 5.56 Å². The van der Waals surface area contributed by atoms with Gasteiger partial charge in [-0.3, -0.25) is 4.79 Å². The van der Waals surface area contributed by atoms with E-state index in [1.165, 1.54) is 18.2 Å². The number of amides is 1. The Hall–Kier alpha value is -1.91. The van der Waals surface area contributed by atoms with Crippen LogP contribution in [0.1, 0.15) is 30.1 Å². The van der Waals surface area contributed by atoms with Crippen molar-refractivity contribution >= 4 is 11.9 Å². The highest BCUT2D eigenvalue weighted by Gasteiger charge is 2.19. The number of halogens is 1. The summed E-state index contributed by atoms with van der Waals surface area (Å²) in [6, 6.07) is 4.19. The van der Waals surface area contributed by atoms with Gasteiger partial charge in [0.05, 0.1) is 0 Å². The van der Waals surface area contributed by atoms with Crippen LogP contribution in [0.3, 0.4) is 0 Å². The maximum Gasteiger partial charge on any atom is 0.326 e. The van der Waals surface area contributed by atoms with Gasteiger partial charge in [-0.05, 0) is 24.6 Å². The Labute approximate surface area is 98.5 Å². The van der Waals surface area contributed by atoms with Crippen molar-refractivity contribution in [3.8, 4) is 0 Å². The molecule has 5 heteroatoms. The third-order valence-corrected chi connectivity index (χ3v) is 2.27. The molecule has 0 heterocycles. The number of hydrogen-bond donors (Lipinski definition) is 2. The van der Waals surface area contributed by atoms with Crippen LogP contribution in [0.2, 0.25) is 0 Å². The largest absolute Gasteiger partial charge is 0.480 e. The Morgan fingerprint density at radius 3 is 2.71 bits per heavy atom. The lowest BCUT2D eigenvalue weighted by atomic mass is 10.1. The van der Waals surface area contributed by atoms with Crippen LogP contribution in [-0.4, -0.2) is 23.0 Å². The molecule has 0 saturated carbocycles. The summed E-state index contributed by atoms with van der Waals surface area (Å²) in [6.45, 7) is 1.82. The zero-order chi connectivity index (χ0) is 12.8. The number of carbonyl (C=O) groups excluding carboxylic acids is 1. The van der Waals surface area contributed by atoms with Gasteiger partial charge in [0.25, 0.3) is 5.91 Å². The molecule has 0 fully saturated rings. The van der Waals surface area contributed by atoms with E-state index >= 15 is 0 Å². The van der Waals surface area contributed by atoms with Crippen LogP contribution in [0.4, 0.5) is 4.39 Å². The molecule has 0 radical (unpaired) electrons. The first-order chi connectivity index (χ1) is 8.04. The Morgan fingerprint density at radius 2 is 2.18 bits per heavy atom. The monoisotopic (exact) mass is 239 g/mol. The number of aliphatic carboxylic acids is 1. The highest BCUT2D eigenvalue weighted by atomic mass is 19.1. The van der Waals surface area contributed by atoms with Gasteiger partial charge >= 0.3 is 5.97 Å². The highest BCUT2D eigenvalue weighted by molar-refractivity contribution is 5.96. The maximum absolute atomic E-state index is 12.9. The molecule has 0 aliphatic heterocycles. The second-order valence-corrected chi connectivity index (χ2v) is 3.66. The topological polar surface area (TPSA) is 66.4 Å². The standard InChI is InChI=1S/C12H14FNO3/c1-2-4-10(12(16)17)14-11(15)8-5-3-6-9(13)7-8/h3,5-7,10H,2,4H2,1H3,(H,14,15)(H,16,17)/t10-/m0/s1. The molecule has 1 aromatic carbocycles. The van der Waals surface area contributed by atoms with Gasteiger partial charge in [-0.1, -0.05) is 19.4 Å². The molecule has 0 saturated heterocycles. The zero-order valence-electron chi connectivity index (χ0n) is 9.44. The van der Waals surface area contributed by atoms with E-state index in [1.807, 2.05) is 6.92 Å². The summed E-state index contributed by atoms with van der Waals surface area (Å²) >= 11 is 0. The van der Waals surface area contributed by atoms with Crippen LogP contribution in [0.5, 0.6) is 0 Å². The summed E-state index contributed by atoms with van der Waals surface area (Å²) in [4.78, 5) is 22.5. The molecule has 0 spiro atoms. The van der Waals surface area contributed by atoms with Crippen molar-refractivity contribution in [2.24, 2.45) is 0 Å². The lowest BCUT2D eigenvalue weighted by molar-refractivity contribution is -0.139. The van der Waals surface area contributed by atoms with E-state index in [4.69, 9.17) is 5.11 Å². The average molecular weight is 239 g/mol. The number of rotatable bonds is 5. The van der Waals surface area contributed by atoms with E-state index in [9.17, 15) is 14.0 Å². The molecular formula is C12H14FNO3. The number of hydrogen-bond acceptors (Lipinski definition) is 2. The normalized spacial score (nSPS) is 11.9. The fraction of sp³-hybridized carbons (Fsp3) is 0.333. The highest BCUT2D eigenvalue weighted by Crippen LogP contribution is 2.05. The van der Waals surface area contributed by atoms with E-state index in [0.717, 1.165) is 6.07 Å². The van der Waals surface area contributed by atoms with Crippen molar-refractivity contribution in [3.05, 3.63) is 35.6 Å². The second kappa shape index (κ2) is 5.98. The summed E-state index contributed by atoms with van der Waals surface area (Å²) in [7, 11) is 0. The molecular weight excluding hydrogens is 225 g/mol. The van der Waals surface area contributed by atoms with Crippen molar-refractivity contribution in [2.75, 3.05) is 0 Å². The fourth-order valence-electron chi connectivity index (χ4n) is 1.42. The first-order valence-electron chi connectivity index (χ1n) is 5.33. The van der Waals surface area contributed by atoms with E-state index in [2.05, 4.69) is 5.32 Å². The van der Waals surface area contributed by atoms with Crippen molar-refractivity contribution in [1.29, 1.82) is 0 Å². The molecule has 1 atom stereocenters. The van der Waals surface area contributed by atoms with Crippen molar-refractivity contribution < 1.29 is 19.1 Å². The van der Waals surface area contributed by atoms with Gasteiger partial charge < -0.3 is 10.4 Å². The number of carboxylic acids is 1. The molecule has 1 rings (SSSR count). The van der Waals surface area contributed by atoms with Gasteiger partial charge in [0.1, 0.15) is 11.9 Å². The van der Waals surface area contributed by atoms with Crippen molar-refractivity contribution in [1.82, 2.24) is 5.32 Å². The SMILES string of the molecule is CCC[C@H](NC(=O)c1cccc(F)c1)C(=O)O. The average Bonchev–Trinajstić information content (AvgIpc) is 2.28. The van der Waals surface area contributed by atoms with Gasteiger partial charge in [-0.2, -0.15) is 0 Å². The van der Waals surface area contributed by atoms with Crippen LogP contribution in [-0.2, 0) is 4.79 Å². The predicted molar refractivity (Wildman–Crippen MR) is 60.2 cm³/mol. The molecule has 17 heavy (non-hydrogen) atoms. The summed E-state index contributed by atoms with van der Waals surface area (Å²) < 4.78 is 12.9. The third kappa shape index (κ3) is 3.86. The van der Waals surface area contributed by atoms with E-state index in [1.54, 1.807) is 0 Å². The minimum absolute atomic E-state index is 0.118. The van der Waals surface area contributed by atoms with Gasteiger partial charge in [0.2, 0.25) is 0 Å². The van der Waals surface area contributed by atoms with Crippen molar-refractivity contribution in [2.45, 2.75) is 25.8 Å². The summed E-state index contributed by atoms with van der Waals surface area (Å²) in [6.07, 6.45) is 0.983. The van der Waals surface area contributed by atoms with E-state index in [0.29, 0.717) is 12.8 Å². The lowest BCUT2D eigenvalue weighted by Gasteiger charge is -2.13. The van der Waals surface area contributed by atoms with E-state index in [-0.39, 0.29) is 5.56 Å². The van der Waals surface area contributed by atoms with Gasteiger partial charge in [0.15, 0.2) is 0 Å². The van der Waals surface area contributed by atoms with Crippen molar-refractivity contribution in [3.63, 3.8) is 0 Å². The third-order valence-electron chi connectivity index (χ3n) is 2.27. The number of carbonyl (C=O) groups is 2. The zero-order valence-corrected chi connectivity index (χ0v) is 9.44. The summed E-state index contributed by atoms with van der Waals surface area (Å²) in [5.41, 5.74) is 0.118. The van der Waals surface area contributed by atoms with Crippen LogP contribution in [0.15, 0.2) is 24.3 Å².